The Labute approximate surface area is 121 Å². The molecule has 0 aliphatic heterocycles. The number of nitrogens with two attached hydrogens (primary N) is 1. The van der Waals surface area contributed by atoms with Crippen molar-refractivity contribution in [1.29, 1.82) is 0 Å². The highest BCUT2D eigenvalue weighted by atomic mass is 14.8. The highest BCUT2D eigenvalue weighted by molar-refractivity contribution is 5.81. The third-order valence-electron chi connectivity index (χ3n) is 4.60. The maximum Gasteiger partial charge on any atom is 0.0704 e. The first-order chi connectivity index (χ1) is 9.56. The Hall–Kier alpha value is -1.41. The summed E-state index contributed by atoms with van der Waals surface area (Å²) in [6.45, 7) is 4.67. The monoisotopic (exact) mass is 268 g/mol. The summed E-state index contributed by atoms with van der Waals surface area (Å²) in [5, 5.41) is 1.26. The van der Waals surface area contributed by atoms with E-state index in [4.69, 9.17) is 5.73 Å². The Morgan fingerprint density at radius 3 is 2.60 bits per heavy atom. The molecule has 0 amide bonds. The van der Waals surface area contributed by atoms with Crippen molar-refractivity contribution in [2.75, 3.05) is 0 Å². The molecule has 1 aromatic heterocycles. The molecule has 20 heavy (non-hydrogen) atoms. The van der Waals surface area contributed by atoms with Gasteiger partial charge >= 0.3 is 0 Å². The molecule has 0 radical (unpaired) electrons. The van der Waals surface area contributed by atoms with Crippen LogP contribution in [0.15, 0.2) is 36.5 Å². The van der Waals surface area contributed by atoms with E-state index < -0.39 is 0 Å². The molecule has 2 nitrogen and oxygen atoms in total. The van der Waals surface area contributed by atoms with Gasteiger partial charge in [0.15, 0.2) is 0 Å². The molecule has 1 aromatic carbocycles. The van der Waals surface area contributed by atoms with Crippen LogP contribution in [0, 0.1) is 11.8 Å². The van der Waals surface area contributed by atoms with Crippen molar-refractivity contribution in [3.63, 3.8) is 0 Å². The molecule has 0 saturated heterocycles. The molecule has 3 rings (SSSR count). The zero-order valence-electron chi connectivity index (χ0n) is 12.5. The van der Waals surface area contributed by atoms with Gasteiger partial charge in [0.05, 0.1) is 5.52 Å². The van der Waals surface area contributed by atoms with Crippen LogP contribution < -0.4 is 5.73 Å². The minimum atomic E-state index is -0.0544. The molecule has 0 spiro atoms. The molecular formula is C18H24N2. The molecule has 106 valence electrons. The highest BCUT2D eigenvalue weighted by Crippen LogP contribution is 2.37. The van der Waals surface area contributed by atoms with Gasteiger partial charge in [0, 0.05) is 17.1 Å². The van der Waals surface area contributed by atoms with E-state index in [-0.39, 0.29) is 5.54 Å². The van der Waals surface area contributed by atoms with E-state index in [1.165, 1.54) is 17.4 Å². The van der Waals surface area contributed by atoms with E-state index in [1.807, 2.05) is 12.3 Å². The molecular weight excluding hydrogens is 244 g/mol. The van der Waals surface area contributed by atoms with Gasteiger partial charge in [0.1, 0.15) is 0 Å². The Kier molecular flexibility index (Phi) is 3.51. The third-order valence-corrected chi connectivity index (χ3v) is 4.60. The summed E-state index contributed by atoms with van der Waals surface area (Å²) in [6, 6.07) is 10.5. The second-order valence-corrected chi connectivity index (χ2v) is 6.88. The van der Waals surface area contributed by atoms with Gasteiger partial charge in [-0.1, -0.05) is 32.0 Å². The van der Waals surface area contributed by atoms with E-state index in [9.17, 15) is 0 Å². The molecule has 1 heterocycles. The molecule has 2 heteroatoms. The van der Waals surface area contributed by atoms with Crippen molar-refractivity contribution in [2.45, 2.75) is 45.1 Å². The predicted octanol–water partition coefficient (Wildman–Crippen LogP) is 3.93. The van der Waals surface area contributed by atoms with Crippen molar-refractivity contribution < 1.29 is 0 Å². The minimum Gasteiger partial charge on any atom is -0.325 e. The number of para-hydroxylation sites is 1. The minimum absolute atomic E-state index is 0.0544. The van der Waals surface area contributed by atoms with Crippen LogP contribution in [0.2, 0.25) is 0 Å². The largest absolute Gasteiger partial charge is 0.325 e. The lowest BCUT2D eigenvalue weighted by atomic mass is 9.69. The number of hydrogen-bond donors (Lipinski definition) is 1. The van der Waals surface area contributed by atoms with Crippen LogP contribution >= 0.6 is 0 Å². The lowest BCUT2D eigenvalue weighted by Crippen LogP contribution is -2.48. The summed E-state index contributed by atoms with van der Waals surface area (Å²) in [4.78, 5) is 4.45. The Morgan fingerprint density at radius 1 is 1.15 bits per heavy atom. The predicted molar refractivity (Wildman–Crippen MR) is 84.5 cm³/mol. The van der Waals surface area contributed by atoms with Gasteiger partial charge < -0.3 is 5.73 Å². The first-order valence-corrected chi connectivity index (χ1v) is 7.67. The van der Waals surface area contributed by atoms with Crippen LogP contribution in [0.3, 0.4) is 0 Å². The van der Waals surface area contributed by atoms with Crippen LogP contribution in [0.4, 0.5) is 0 Å². The number of hydrogen-bond acceptors (Lipinski definition) is 2. The number of pyridine rings is 1. The smallest absolute Gasteiger partial charge is 0.0704 e. The van der Waals surface area contributed by atoms with E-state index in [0.717, 1.165) is 36.6 Å². The van der Waals surface area contributed by atoms with E-state index >= 15 is 0 Å². The topological polar surface area (TPSA) is 38.9 Å². The van der Waals surface area contributed by atoms with E-state index in [0.29, 0.717) is 0 Å². The average Bonchev–Trinajstić information content (AvgIpc) is 2.37. The van der Waals surface area contributed by atoms with Gasteiger partial charge in [-0.05, 0) is 55.2 Å². The normalized spacial score (nSPS) is 30.6. The number of nitrogens with zero attached hydrogens (tertiary/aromatic N) is 1. The second-order valence-electron chi connectivity index (χ2n) is 6.88. The SMILES string of the molecule is CC1CC(C)CC(N)(Cc2ccnc3ccccc23)C1. The van der Waals surface area contributed by atoms with Crippen LogP contribution in [0.25, 0.3) is 10.9 Å². The Morgan fingerprint density at radius 2 is 1.85 bits per heavy atom. The lowest BCUT2D eigenvalue weighted by molar-refractivity contribution is 0.182. The van der Waals surface area contributed by atoms with Crippen molar-refractivity contribution in [1.82, 2.24) is 4.98 Å². The molecule has 2 aromatic rings. The Balaban J connectivity index is 1.92. The first-order valence-electron chi connectivity index (χ1n) is 7.67. The number of fused-ring (bicyclic) bond motifs is 1. The summed E-state index contributed by atoms with van der Waals surface area (Å²) in [6.07, 6.45) is 6.46. The zero-order valence-corrected chi connectivity index (χ0v) is 12.5. The summed E-state index contributed by atoms with van der Waals surface area (Å²) in [5.74, 6) is 1.47. The van der Waals surface area contributed by atoms with E-state index in [1.54, 1.807) is 0 Å². The van der Waals surface area contributed by atoms with Crippen LogP contribution in [-0.4, -0.2) is 10.5 Å². The summed E-state index contributed by atoms with van der Waals surface area (Å²) in [7, 11) is 0. The number of aromatic nitrogens is 1. The molecule has 1 aliphatic rings. The molecule has 1 saturated carbocycles. The van der Waals surface area contributed by atoms with Gasteiger partial charge in [0.25, 0.3) is 0 Å². The van der Waals surface area contributed by atoms with Crippen LogP contribution in [0.5, 0.6) is 0 Å². The number of benzene rings is 1. The van der Waals surface area contributed by atoms with Gasteiger partial charge in [-0.25, -0.2) is 0 Å². The molecule has 2 atom stereocenters. The van der Waals surface area contributed by atoms with E-state index in [2.05, 4.69) is 43.1 Å². The average molecular weight is 268 g/mol. The van der Waals surface area contributed by atoms with Crippen molar-refractivity contribution in [3.8, 4) is 0 Å². The van der Waals surface area contributed by atoms with Gasteiger partial charge in [0.2, 0.25) is 0 Å². The summed E-state index contributed by atoms with van der Waals surface area (Å²) < 4.78 is 0. The Bertz CT molecular complexity index is 590. The third kappa shape index (κ3) is 2.71. The summed E-state index contributed by atoms with van der Waals surface area (Å²) >= 11 is 0. The van der Waals surface area contributed by atoms with Gasteiger partial charge in [-0.3, -0.25) is 4.98 Å². The lowest BCUT2D eigenvalue weighted by Gasteiger charge is -2.40. The fraction of sp³-hybridized carbons (Fsp3) is 0.500. The molecule has 1 aliphatic carbocycles. The molecule has 0 bridgehead atoms. The maximum atomic E-state index is 6.74. The zero-order chi connectivity index (χ0) is 14.2. The molecule has 2 N–H and O–H groups in total. The standard InChI is InChI=1S/C18H24N2/c1-13-9-14(2)11-18(19,10-13)12-15-7-8-20-17-6-4-3-5-16(15)17/h3-8,13-14H,9-12,19H2,1-2H3. The maximum absolute atomic E-state index is 6.74. The number of rotatable bonds is 2. The fourth-order valence-electron chi connectivity index (χ4n) is 4.16. The highest BCUT2D eigenvalue weighted by Gasteiger charge is 2.34. The van der Waals surface area contributed by atoms with Crippen LogP contribution in [0.1, 0.15) is 38.7 Å². The molecule has 2 unspecified atom stereocenters. The first kappa shape index (κ1) is 13.6. The van der Waals surface area contributed by atoms with Gasteiger partial charge in [-0.2, -0.15) is 0 Å². The quantitative estimate of drug-likeness (QED) is 0.896. The second kappa shape index (κ2) is 5.17. The van der Waals surface area contributed by atoms with Crippen LogP contribution in [-0.2, 0) is 6.42 Å². The van der Waals surface area contributed by atoms with Crippen molar-refractivity contribution in [3.05, 3.63) is 42.1 Å². The van der Waals surface area contributed by atoms with Gasteiger partial charge in [-0.15, -0.1) is 0 Å². The molecule has 1 fully saturated rings. The summed E-state index contributed by atoms with van der Waals surface area (Å²) in [5.41, 5.74) is 9.11. The van der Waals surface area contributed by atoms with Crippen molar-refractivity contribution >= 4 is 10.9 Å². The van der Waals surface area contributed by atoms with Crippen molar-refractivity contribution in [2.24, 2.45) is 17.6 Å². The fourth-order valence-corrected chi connectivity index (χ4v) is 4.16.